The summed E-state index contributed by atoms with van der Waals surface area (Å²) in [6, 6.07) is 16.1. The Labute approximate surface area is 181 Å². The monoisotopic (exact) mass is 411 g/mol. The highest BCUT2D eigenvalue weighted by Crippen LogP contribution is 2.34. The van der Waals surface area contributed by atoms with E-state index >= 15 is 0 Å². The molecule has 1 atom stereocenters. The minimum absolute atomic E-state index is 0.0823. The van der Waals surface area contributed by atoms with Crippen molar-refractivity contribution in [1.82, 2.24) is 24.6 Å². The maximum atomic E-state index is 13.2. The molecule has 2 aromatic heterocycles. The van der Waals surface area contributed by atoms with Gasteiger partial charge in [0, 0.05) is 53.9 Å². The number of nitrogens with one attached hydrogen (secondary N) is 1. The van der Waals surface area contributed by atoms with Gasteiger partial charge in [-0.15, -0.1) is 0 Å². The summed E-state index contributed by atoms with van der Waals surface area (Å²) >= 11 is 0. The van der Waals surface area contributed by atoms with Crippen LogP contribution < -0.4 is 0 Å². The van der Waals surface area contributed by atoms with E-state index in [9.17, 15) is 4.79 Å². The lowest BCUT2D eigenvalue weighted by molar-refractivity contribution is 0.0706. The van der Waals surface area contributed by atoms with Crippen LogP contribution in [0.15, 0.2) is 73.4 Å². The van der Waals surface area contributed by atoms with E-state index in [2.05, 4.69) is 46.4 Å². The third-order valence-electron chi connectivity index (χ3n) is 6.14. The molecule has 2 aromatic carbocycles. The first kappa shape index (κ1) is 19.3. The van der Waals surface area contributed by atoms with Crippen molar-refractivity contribution in [1.29, 1.82) is 0 Å². The van der Waals surface area contributed by atoms with Crippen molar-refractivity contribution >= 4 is 5.91 Å². The van der Waals surface area contributed by atoms with Crippen molar-refractivity contribution in [3.8, 4) is 16.8 Å². The van der Waals surface area contributed by atoms with Gasteiger partial charge in [0.05, 0.1) is 12.5 Å². The Morgan fingerprint density at radius 3 is 2.71 bits per heavy atom. The minimum Gasteiger partial charge on any atom is -0.338 e. The molecule has 5 rings (SSSR count). The van der Waals surface area contributed by atoms with Crippen molar-refractivity contribution < 1.29 is 4.79 Å². The molecule has 1 amide bonds. The van der Waals surface area contributed by atoms with E-state index in [1.807, 2.05) is 46.1 Å². The molecule has 0 radical (unpaired) electrons. The van der Waals surface area contributed by atoms with Crippen LogP contribution in [0.4, 0.5) is 0 Å². The largest absolute Gasteiger partial charge is 0.338 e. The SMILES string of the molecule is Cc1ccccc1-c1cn[nH]c1C1CCCN(C(=O)c2ccc(-n3ccnc3)cc2)C1. The summed E-state index contributed by atoms with van der Waals surface area (Å²) in [6.45, 7) is 3.60. The first-order valence-electron chi connectivity index (χ1n) is 10.7. The molecule has 156 valence electrons. The van der Waals surface area contributed by atoms with E-state index in [1.165, 1.54) is 11.1 Å². The molecule has 1 fully saturated rings. The van der Waals surface area contributed by atoms with Crippen molar-refractivity contribution in [3.63, 3.8) is 0 Å². The van der Waals surface area contributed by atoms with Crippen LogP contribution in [0.2, 0.25) is 0 Å². The molecule has 0 bridgehead atoms. The molecule has 1 saturated heterocycles. The number of hydrogen-bond donors (Lipinski definition) is 1. The maximum Gasteiger partial charge on any atom is 0.253 e. The lowest BCUT2D eigenvalue weighted by Gasteiger charge is -2.33. The summed E-state index contributed by atoms with van der Waals surface area (Å²) < 4.78 is 1.93. The van der Waals surface area contributed by atoms with Crippen LogP contribution in [0, 0.1) is 6.92 Å². The number of piperidine rings is 1. The van der Waals surface area contributed by atoms with Crippen LogP contribution in [0.25, 0.3) is 16.8 Å². The molecule has 1 aliphatic heterocycles. The molecule has 6 heteroatoms. The average Bonchev–Trinajstić information content (AvgIpc) is 3.52. The van der Waals surface area contributed by atoms with Gasteiger partial charge in [0.1, 0.15) is 0 Å². The van der Waals surface area contributed by atoms with E-state index in [-0.39, 0.29) is 11.8 Å². The second-order valence-corrected chi connectivity index (χ2v) is 8.12. The molecular formula is C25H25N5O. The highest BCUT2D eigenvalue weighted by Gasteiger charge is 2.28. The van der Waals surface area contributed by atoms with Crippen LogP contribution >= 0.6 is 0 Å². The molecule has 0 spiro atoms. The third-order valence-corrected chi connectivity index (χ3v) is 6.14. The molecule has 6 nitrogen and oxygen atoms in total. The lowest BCUT2D eigenvalue weighted by Crippen LogP contribution is -2.39. The number of nitrogens with zero attached hydrogens (tertiary/aromatic N) is 4. The third kappa shape index (κ3) is 3.77. The number of hydrogen-bond acceptors (Lipinski definition) is 3. The normalized spacial score (nSPS) is 16.4. The van der Waals surface area contributed by atoms with Crippen molar-refractivity contribution in [3.05, 3.63) is 90.3 Å². The molecule has 1 unspecified atom stereocenters. The van der Waals surface area contributed by atoms with Crippen LogP contribution in [0.3, 0.4) is 0 Å². The van der Waals surface area contributed by atoms with E-state index < -0.39 is 0 Å². The summed E-state index contributed by atoms with van der Waals surface area (Å²) in [4.78, 5) is 19.3. The smallest absolute Gasteiger partial charge is 0.253 e. The standard InChI is InChI=1S/C25H25N5O/c1-18-5-2-3-7-22(18)23-15-27-28-24(23)20-6-4-13-29(16-20)25(31)19-8-10-21(11-9-19)30-14-12-26-17-30/h2-3,5,7-12,14-15,17,20H,4,6,13,16H2,1H3,(H,27,28). The predicted molar refractivity (Wildman–Crippen MR) is 120 cm³/mol. The predicted octanol–water partition coefficient (Wildman–Crippen LogP) is 4.59. The van der Waals surface area contributed by atoms with Gasteiger partial charge in [-0.2, -0.15) is 5.10 Å². The Kier molecular flexibility index (Phi) is 5.12. The number of aryl methyl sites for hydroxylation is 1. The molecular weight excluding hydrogens is 386 g/mol. The number of aromatic amines is 1. The van der Waals surface area contributed by atoms with E-state index in [1.54, 1.807) is 12.5 Å². The van der Waals surface area contributed by atoms with Crippen LogP contribution in [-0.2, 0) is 0 Å². The topological polar surface area (TPSA) is 66.8 Å². The van der Waals surface area contributed by atoms with Crippen LogP contribution in [0.5, 0.6) is 0 Å². The van der Waals surface area contributed by atoms with Crippen molar-refractivity contribution in [2.24, 2.45) is 0 Å². The summed E-state index contributed by atoms with van der Waals surface area (Å²) in [7, 11) is 0. The number of amides is 1. The molecule has 1 N–H and O–H groups in total. The van der Waals surface area contributed by atoms with Gasteiger partial charge in [-0.1, -0.05) is 24.3 Å². The number of rotatable bonds is 4. The number of imidazole rings is 1. The number of likely N-dealkylation sites (tertiary alicyclic amines) is 1. The van der Waals surface area contributed by atoms with Gasteiger partial charge in [-0.3, -0.25) is 9.89 Å². The maximum absolute atomic E-state index is 13.2. The first-order valence-corrected chi connectivity index (χ1v) is 10.7. The van der Waals surface area contributed by atoms with Gasteiger partial charge in [0.2, 0.25) is 0 Å². The summed E-state index contributed by atoms with van der Waals surface area (Å²) in [5.74, 6) is 0.332. The van der Waals surface area contributed by atoms with Crippen LogP contribution in [-0.4, -0.2) is 43.6 Å². The minimum atomic E-state index is 0.0823. The van der Waals surface area contributed by atoms with Gasteiger partial charge in [0.25, 0.3) is 5.91 Å². The second kappa shape index (κ2) is 8.22. The molecule has 0 aliphatic carbocycles. The van der Waals surface area contributed by atoms with Gasteiger partial charge in [0.15, 0.2) is 0 Å². The number of carbonyl (C=O) groups is 1. The summed E-state index contributed by atoms with van der Waals surface area (Å²) in [6.07, 6.45) is 9.33. The Hall–Kier alpha value is -3.67. The lowest BCUT2D eigenvalue weighted by atomic mass is 9.89. The van der Waals surface area contributed by atoms with E-state index in [0.717, 1.165) is 36.3 Å². The number of benzene rings is 2. The quantitative estimate of drug-likeness (QED) is 0.534. The highest BCUT2D eigenvalue weighted by molar-refractivity contribution is 5.94. The summed E-state index contributed by atoms with van der Waals surface area (Å²) in [5, 5.41) is 7.57. The Balaban J connectivity index is 1.35. The molecule has 31 heavy (non-hydrogen) atoms. The van der Waals surface area contributed by atoms with Gasteiger partial charge < -0.3 is 9.47 Å². The zero-order valence-corrected chi connectivity index (χ0v) is 17.5. The Morgan fingerprint density at radius 2 is 1.94 bits per heavy atom. The van der Waals surface area contributed by atoms with E-state index in [4.69, 9.17) is 0 Å². The Bertz CT molecular complexity index is 1180. The fraction of sp³-hybridized carbons (Fsp3) is 0.240. The molecule has 4 aromatic rings. The average molecular weight is 412 g/mol. The zero-order valence-electron chi connectivity index (χ0n) is 17.5. The van der Waals surface area contributed by atoms with Gasteiger partial charge >= 0.3 is 0 Å². The molecule has 1 aliphatic rings. The second-order valence-electron chi connectivity index (χ2n) is 8.12. The first-order chi connectivity index (χ1) is 15.2. The fourth-order valence-corrected chi connectivity index (χ4v) is 4.46. The number of carbonyl (C=O) groups excluding carboxylic acids is 1. The summed E-state index contributed by atoms with van der Waals surface area (Å²) in [5.41, 5.74) is 6.40. The fourth-order valence-electron chi connectivity index (χ4n) is 4.46. The van der Waals surface area contributed by atoms with E-state index in [0.29, 0.717) is 12.1 Å². The van der Waals surface area contributed by atoms with Crippen LogP contribution in [0.1, 0.15) is 40.4 Å². The zero-order chi connectivity index (χ0) is 21.2. The van der Waals surface area contributed by atoms with Gasteiger partial charge in [-0.05, 0) is 55.2 Å². The van der Waals surface area contributed by atoms with Gasteiger partial charge in [-0.25, -0.2) is 4.98 Å². The number of aromatic nitrogens is 4. The molecule has 3 heterocycles. The van der Waals surface area contributed by atoms with Crippen molar-refractivity contribution in [2.75, 3.05) is 13.1 Å². The van der Waals surface area contributed by atoms with Crippen molar-refractivity contribution in [2.45, 2.75) is 25.7 Å². The highest BCUT2D eigenvalue weighted by atomic mass is 16.2. The number of H-pyrrole nitrogens is 1. The molecule has 0 saturated carbocycles. The Morgan fingerprint density at radius 1 is 1.10 bits per heavy atom.